The largest absolute Gasteiger partial charge is 0.478 e. The van der Waals surface area contributed by atoms with Gasteiger partial charge in [0.15, 0.2) is 0 Å². The first kappa shape index (κ1) is 15.8. The molecular weight excluding hydrogens is 278 g/mol. The van der Waals surface area contributed by atoms with Crippen molar-refractivity contribution in [3.63, 3.8) is 0 Å². The molecule has 0 bridgehead atoms. The number of carboxylic acid groups (broad SMARTS) is 1. The molecule has 0 saturated heterocycles. The number of hydrogen-bond donors (Lipinski definition) is 2. The second kappa shape index (κ2) is 6.93. The molecule has 0 spiro atoms. The van der Waals surface area contributed by atoms with E-state index < -0.39 is 5.97 Å². The zero-order valence-electron chi connectivity index (χ0n) is 13.1. The van der Waals surface area contributed by atoms with Crippen LogP contribution in [0.2, 0.25) is 0 Å². The van der Waals surface area contributed by atoms with E-state index in [2.05, 4.69) is 23.3 Å². The molecule has 0 radical (unpaired) electrons. The number of aliphatic imine (C=N–C) groups is 1. The molecule has 1 unspecified atom stereocenters. The molecule has 5 heteroatoms. The molecule has 0 aromatic heterocycles. The lowest BCUT2D eigenvalue weighted by molar-refractivity contribution is -0.132. The standard InChI is InChI=1S/C17H21N3O2/c1-4-5-6-14(17(21)22)16-10-19-15(11-20(16)3)13-7-8-18-12(2)9-13/h5-12,18H,4H2,1-3H3,(H,21,22)/b6-5-,16-14+. The highest BCUT2D eigenvalue weighted by molar-refractivity contribution is 5.98. The smallest absolute Gasteiger partial charge is 0.337 e. The van der Waals surface area contributed by atoms with Crippen molar-refractivity contribution in [2.45, 2.75) is 26.3 Å². The minimum atomic E-state index is -0.954. The lowest BCUT2D eigenvalue weighted by Crippen LogP contribution is -2.23. The Morgan fingerprint density at radius 1 is 1.55 bits per heavy atom. The molecule has 1 atom stereocenters. The van der Waals surface area contributed by atoms with Crippen LogP contribution in [0.5, 0.6) is 0 Å². The van der Waals surface area contributed by atoms with Crippen molar-refractivity contribution in [3.05, 3.63) is 59.2 Å². The van der Waals surface area contributed by atoms with Gasteiger partial charge in [0.1, 0.15) is 0 Å². The number of nitrogens with zero attached hydrogens (tertiary/aromatic N) is 2. The molecule has 22 heavy (non-hydrogen) atoms. The maximum absolute atomic E-state index is 11.4. The van der Waals surface area contributed by atoms with E-state index in [1.165, 1.54) is 0 Å². The third-order valence-electron chi connectivity index (χ3n) is 3.40. The monoisotopic (exact) mass is 299 g/mol. The maximum atomic E-state index is 11.4. The summed E-state index contributed by atoms with van der Waals surface area (Å²) in [6, 6.07) is 0.250. The zero-order valence-corrected chi connectivity index (χ0v) is 13.1. The summed E-state index contributed by atoms with van der Waals surface area (Å²) in [5.74, 6) is -0.954. The van der Waals surface area contributed by atoms with Crippen molar-refractivity contribution in [3.8, 4) is 0 Å². The lowest BCUT2D eigenvalue weighted by Gasteiger charge is -2.23. The first-order valence-corrected chi connectivity index (χ1v) is 7.30. The van der Waals surface area contributed by atoms with E-state index in [0.29, 0.717) is 5.70 Å². The fourth-order valence-electron chi connectivity index (χ4n) is 2.25. The second-order valence-corrected chi connectivity index (χ2v) is 5.21. The van der Waals surface area contributed by atoms with Gasteiger partial charge in [-0.1, -0.05) is 19.1 Å². The molecule has 2 rings (SSSR count). The zero-order chi connectivity index (χ0) is 16.1. The van der Waals surface area contributed by atoms with Gasteiger partial charge in [-0.05, 0) is 31.7 Å². The SMILES string of the molecule is CC/C=C\C(C(=O)O)=C1\C=NC(C2=CC(C)NC=C2)=CN1C. The molecule has 0 aromatic rings. The highest BCUT2D eigenvalue weighted by atomic mass is 16.4. The number of dihydropyridines is 1. The number of rotatable bonds is 4. The molecular formula is C17H21N3O2. The van der Waals surface area contributed by atoms with Crippen LogP contribution >= 0.6 is 0 Å². The van der Waals surface area contributed by atoms with Crippen LogP contribution in [-0.2, 0) is 4.79 Å². The minimum absolute atomic E-state index is 0.242. The Morgan fingerprint density at radius 2 is 2.32 bits per heavy atom. The predicted octanol–water partition coefficient (Wildman–Crippen LogP) is 2.58. The summed E-state index contributed by atoms with van der Waals surface area (Å²) in [7, 11) is 1.83. The molecule has 2 aliphatic rings. The van der Waals surface area contributed by atoms with Crippen molar-refractivity contribution >= 4 is 12.2 Å². The molecule has 2 heterocycles. The molecule has 0 amide bonds. The Bertz CT molecular complexity index is 636. The van der Waals surface area contributed by atoms with Crippen LogP contribution < -0.4 is 5.32 Å². The Labute approximate surface area is 130 Å². The van der Waals surface area contributed by atoms with Crippen molar-refractivity contribution in [2.75, 3.05) is 7.05 Å². The summed E-state index contributed by atoms with van der Waals surface area (Å²) in [6.45, 7) is 4.03. The minimum Gasteiger partial charge on any atom is -0.478 e. The van der Waals surface area contributed by atoms with Gasteiger partial charge in [0.25, 0.3) is 0 Å². The molecule has 2 aliphatic heterocycles. The predicted molar refractivity (Wildman–Crippen MR) is 88.3 cm³/mol. The van der Waals surface area contributed by atoms with Crippen LogP contribution in [0, 0.1) is 0 Å². The quantitative estimate of drug-likeness (QED) is 0.783. The highest BCUT2D eigenvalue weighted by Crippen LogP contribution is 2.23. The summed E-state index contributed by atoms with van der Waals surface area (Å²) >= 11 is 0. The number of aliphatic carboxylic acids is 1. The van der Waals surface area contributed by atoms with Crippen LogP contribution in [-0.4, -0.2) is 35.3 Å². The van der Waals surface area contributed by atoms with Gasteiger partial charge in [-0.3, -0.25) is 4.99 Å². The van der Waals surface area contributed by atoms with Crippen LogP contribution in [0.1, 0.15) is 20.3 Å². The molecule has 0 saturated carbocycles. The molecule has 5 nitrogen and oxygen atoms in total. The normalized spacial score (nSPS) is 23.2. The van der Waals surface area contributed by atoms with Gasteiger partial charge in [-0.2, -0.15) is 0 Å². The van der Waals surface area contributed by atoms with Crippen LogP contribution in [0.15, 0.2) is 64.2 Å². The Kier molecular flexibility index (Phi) is 4.99. The van der Waals surface area contributed by atoms with Crippen molar-refractivity contribution < 1.29 is 9.90 Å². The fourth-order valence-corrected chi connectivity index (χ4v) is 2.25. The third-order valence-corrected chi connectivity index (χ3v) is 3.40. The number of allylic oxidation sites excluding steroid dienone is 3. The molecule has 0 aromatic carbocycles. The molecule has 116 valence electrons. The number of carbonyl (C=O) groups is 1. The topological polar surface area (TPSA) is 64.9 Å². The van der Waals surface area contributed by atoms with Gasteiger partial charge < -0.3 is 15.3 Å². The summed E-state index contributed by atoms with van der Waals surface area (Å²) in [4.78, 5) is 17.6. The molecule has 2 N–H and O–H groups in total. The molecule has 0 fully saturated rings. The van der Waals surface area contributed by atoms with Gasteiger partial charge in [0.2, 0.25) is 0 Å². The van der Waals surface area contributed by atoms with E-state index in [0.717, 1.165) is 17.7 Å². The van der Waals surface area contributed by atoms with Gasteiger partial charge in [0, 0.05) is 24.9 Å². The summed E-state index contributed by atoms with van der Waals surface area (Å²) in [5.41, 5.74) is 2.66. The highest BCUT2D eigenvalue weighted by Gasteiger charge is 2.18. The fraction of sp³-hybridized carbons (Fsp3) is 0.294. The Hall–Kier alpha value is -2.56. The molecule has 0 aliphatic carbocycles. The second-order valence-electron chi connectivity index (χ2n) is 5.21. The van der Waals surface area contributed by atoms with Gasteiger partial charge in [-0.15, -0.1) is 0 Å². The third kappa shape index (κ3) is 3.55. The van der Waals surface area contributed by atoms with E-state index in [9.17, 15) is 9.90 Å². The number of carboxylic acids is 1. The van der Waals surface area contributed by atoms with E-state index in [4.69, 9.17) is 0 Å². The number of hydrogen-bond acceptors (Lipinski definition) is 4. The van der Waals surface area contributed by atoms with Gasteiger partial charge in [0.05, 0.1) is 23.2 Å². The van der Waals surface area contributed by atoms with Crippen molar-refractivity contribution in [1.29, 1.82) is 0 Å². The van der Waals surface area contributed by atoms with Crippen molar-refractivity contribution in [2.24, 2.45) is 4.99 Å². The Balaban J connectivity index is 2.32. The van der Waals surface area contributed by atoms with E-state index in [-0.39, 0.29) is 11.6 Å². The van der Waals surface area contributed by atoms with Gasteiger partial charge in [-0.25, -0.2) is 4.79 Å². The van der Waals surface area contributed by atoms with Crippen LogP contribution in [0.25, 0.3) is 0 Å². The first-order chi connectivity index (χ1) is 10.5. The van der Waals surface area contributed by atoms with Crippen molar-refractivity contribution in [1.82, 2.24) is 10.2 Å². The van der Waals surface area contributed by atoms with E-state index in [1.54, 1.807) is 17.2 Å². The van der Waals surface area contributed by atoms with E-state index >= 15 is 0 Å². The summed E-state index contributed by atoms with van der Waals surface area (Å²) < 4.78 is 0. The van der Waals surface area contributed by atoms with Gasteiger partial charge >= 0.3 is 5.97 Å². The average molecular weight is 299 g/mol. The lowest BCUT2D eigenvalue weighted by atomic mass is 10.1. The maximum Gasteiger partial charge on any atom is 0.337 e. The average Bonchev–Trinajstić information content (AvgIpc) is 2.48. The number of nitrogens with one attached hydrogen (secondary N) is 1. The summed E-state index contributed by atoms with van der Waals surface area (Å²) in [5, 5.41) is 12.6. The van der Waals surface area contributed by atoms with Crippen LogP contribution in [0.3, 0.4) is 0 Å². The van der Waals surface area contributed by atoms with E-state index in [1.807, 2.05) is 38.5 Å². The van der Waals surface area contributed by atoms with Crippen LogP contribution in [0.4, 0.5) is 0 Å². The Morgan fingerprint density at radius 3 is 2.91 bits per heavy atom. The summed E-state index contributed by atoms with van der Waals surface area (Å²) in [6.07, 6.45) is 13.7. The first-order valence-electron chi connectivity index (χ1n) is 7.30.